The molecule has 14 heavy (non-hydrogen) atoms. The Morgan fingerprint density at radius 2 is 2.21 bits per heavy atom. The fourth-order valence-electron chi connectivity index (χ4n) is 1.49. The van der Waals surface area contributed by atoms with Crippen molar-refractivity contribution in [1.29, 1.82) is 0 Å². The Kier molecular flexibility index (Phi) is 2.15. The average Bonchev–Trinajstić information content (AvgIpc) is 2.64. The van der Waals surface area contributed by atoms with Crippen LogP contribution in [0.2, 0.25) is 0 Å². The first-order valence-electron chi connectivity index (χ1n) is 4.38. The summed E-state index contributed by atoms with van der Waals surface area (Å²) in [4.78, 5) is 0. The van der Waals surface area contributed by atoms with Gasteiger partial charge in [-0.3, -0.25) is 0 Å². The molecular formula is C10H10F2O2. The predicted molar refractivity (Wildman–Crippen MR) is 46.6 cm³/mol. The lowest BCUT2D eigenvalue weighted by Crippen LogP contribution is -2.18. The third-order valence-corrected chi connectivity index (χ3v) is 2.32. The van der Waals surface area contributed by atoms with Gasteiger partial charge in [0.05, 0.1) is 6.61 Å². The van der Waals surface area contributed by atoms with Crippen molar-refractivity contribution in [2.45, 2.75) is 12.3 Å². The van der Waals surface area contributed by atoms with Crippen molar-refractivity contribution in [1.82, 2.24) is 0 Å². The molecule has 0 saturated heterocycles. The van der Waals surface area contributed by atoms with E-state index < -0.39 is 12.5 Å². The van der Waals surface area contributed by atoms with E-state index in [9.17, 15) is 8.78 Å². The van der Waals surface area contributed by atoms with Crippen molar-refractivity contribution >= 4 is 0 Å². The van der Waals surface area contributed by atoms with Crippen molar-refractivity contribution in [2.75, 3.05) is 13.2 Å². The Morgan fingerprint density at radius 1 is 1.43 bits per heavy atom. The topological polar surface area (TPSA) is 29.5 Å². The monoisotopic (exact) mass is 200 g/mol. The Bertz CT molecular complexity index is 350. The van der Waals surface area contributed by atoms with Gasteiger partial charge in [-0.15, -0.1) is 0 Å². The lowest BCUT2D eigenvalue weighted by atomic mass is 10.1. The highest BCUT2D eigenvalue weighted by Gasteiger charge is 2.31. The summed E-state index contributed by atoms with van der Waals surface area (Å²) in [5, 5.41) is 8.51. The number of aliphatic hydroxyl groups is 1. The molecule has 0 unspecified atom stereocenters. The van der Waals surface area contributed by atoms with Crippen LogP contribution in [-0.4, -0.2) is 18.3 Å². The van der Waals surface area contributed by atoms with Crippen molar-refractivity contribution in [2.24, 2.45) is 0 Å². The fourth-order valence-corrected chi connectivity index (χ4v) is 1.49. The zero-order chi connectivity index (χ0) is 10.2. The quantitative estimate of drug-likeness (QED) is 0.787. The summed E-state index contributed by atoms with van der Waals surface area (Å²) >= 11 is 0. The number of rotatable bonds is 2. The van der Waals surface area contributed by atoms with Gasteiger partial charge in [-0.05, 0) is 11.6 Å². The number of aliphatic hydroxyl groups excluding tert-OH is 1. The minimum atomic E-state index is -3.18. The largest absolute Gasteiger partial charge is 0.493 e. The maximum absolute atomic E-state index is 13.0. The van der Waals surface area contributed by atoms with E-state index in [-0.39, 0.29) is 5.56 Å². The molecule has 0 spiro atoms. The van der Waals surface area contributed by atoms with Crippen LogP contribution in [0.4, 0.5) is 8.78 Å². The molecular weight excluding hydrogens is 190 g/mol. The molecule has 76 valence electrons. The van der Waals surface area contributed by atoms with Crippen molar-refractivity contribution < 1.29 is 18.6 Å². The van der Waals surface area contributed by atoms with E-state index >= 15 is 0 Å². The van der Waals surface area contributed by atoms with E-state index in [2.05, 4.69) is 0 Å². The minimum Gasteiger partial charge on any atom is -0.493 e. The molecule has 2 nitrogen and oxygen atoms in total. The van der Waals surface area contributed by atoms with Gasteiger partial charge in [0.15, 0.2) is 0 Å². The van der Waals surface area contributed by atoms with Crippen LogP contribution in [0.25, 0.3) is 0 Å². The molecule has 1 heterocycles. The Balaban J connectivity index is 2.38. The van der Waals surface area contributed by atoms with Crippen LogP contribution < -0.4 is 4.74 Å². The second kappa shape index (κ2) is 3.20. The molecule has 1 aromatic carbocycles. The van der Waals surface area contributed by atoms with Crippen molar-refractivity contribution in [3.8, 4) is 5.75 Å². The van der Waals surface area contributed by atoms with E-state index in [4.69, 9.17) is 9.84 Å². The molecule has 1 aromatic rings. The van der Waals surface area contributed by atoms with Crippen LogP contribution in [0.5, 0.6) is 5.75 Å². The lowest BCUT2D eigenvalue weighted by Gasteiger charge is -2.14. The van der Waals surface area contributed by atoms with Gasteiger partial charge in [0, 0.05) is 12.0 Å². The normalized spacial score (nSPS) is 15.1. The zero-order valence-electron chi connectivity index (χ0n) is 7.46. The molecule has 0 fully saturated rings. The van der Waals surface area contributed by atoms with E-state index in [1.165, 1.54) is 12.1 Å². The van der Waals surface area contributed by atoms with E-state index in [1.54, 1.807) is 6.07 Å². The third kappa shape index (κ3) is 1.46. The van der Waals surface area contributed by atoms with Gasteiger partial charge in [0.2, 0.25) is 0 Å². The van der Waals surface area contributed by atoms with Gasteiger partial charge in [-0.1, -0.05) is 12.1 Å². The molecule has 0 bridgehead atoms. The van der Waals surface area contributed by atoms with Crippen LogP contribution in [0.1, 0.15) is 11.1 Å². The van der Waals surface area contributed by atoms with Gasteiger partial charge >= 0.3 is 0 Å². The van der Waals surface area contributed by atoms with Crippen LogP contribution >= 0.6 is 0 Å². The smallest absolute Gasteiger partial charge is 0.295 e. The zero-order valence-corrected chi connectivity index (χ0v) is 7.46. The highest BCUT2D eigenvalue weighted by molar-refractivity contribution is 5.41. The Morgan fingerprint density at radius 3 is 2.93 bits per heavy atom. The minimum absolute atomic E-state index is 0.194. The summed E-state index contributed by atoms with van der Waals surface area (Å²) < 4.78 is 31.3. The van der Waals surface area contributed by atoms with Gasteiger partial charge < -0.3 is 9.84 Å². The van der Waals surface area contributed by atoms with E-state index in [1.807, 2.05) is 0 Å². The number of benzene rings is 1. The van der Waals surface area contributed by atoms with Gasteiger partial charge in [0.25, 0.3) is 5.92 Å². The highest BCUT2D eigenvalue weighted by Crippen LogP contribution is 2.33. The first-order chi connectivity index (χ1) is 6.63. The summed E-state index contributed by atoms with van der Waals surface area (Å²) in [6.07, 6.45) is 0.764. The second-order valence-electron chi connectivity index (χ2n) is 3.28. The summed E-state index contributed by atoms with van der Waals surface area (Å²) in [7, 11) is 0. The van der Waals surface area contributed by atoms with E-state index in [0.717, 1.165) is 12.0 Å². The van der Waals surface area contributed by atoms with Gasteiger partial charge in [0.1, 0.15) is 12.4 Å². The summed E-state index contributed by atoms with van der Waals surface area (Å²) in [6.45, 7) is -0.630. The second-order valence-corrected chi connectivity index (χ2v) is 3.28. The third-order valence-electron chi connectivity index (χ3n) is 2.32. The molecule has 0 amide bonds. The first-order valence-corrected chi connectivity index (χ1v) is 4.38. The van der Waals surface area contributed by atoms with Crippen LogP contribution in [0.15, 0.2) is 18.2 Å². The maximum Gasteiger partial charge on any atom is 0.295 e. The fraction of sp³-hybridized carbons (Fsp3) is 0.400. The van der Waals surface area contributed by atoms with E-state index in [0.29, 0.717) is 12.4 Å². The molecule has 0 aliphatic carbocycles. The number of halogens is 2. The molecule has 0 aromatic heterocycles. The molecule has 4 heteroatoms. The number of fused-ring (bicyclic) bond motifs is 1. The molecule has 0 radical (unpaired) electrons. The van der Waals surface area contributed by atoms with Gasteiger partial charge in [-0.25, -0.2) is 0 Å². The Hall–Kier alpha value is -1.16. The van der Waals surface area contributed by atoms with Crippen LogP contribution in [0.3, 0.4) is 0 Å². The standard InChI is InChI=1S/C10H10F2O2/c11-10(12,6-13)8-2-1-7-3-4-14-9(7)5-8/h1-2,5,13H,3-4,6H2. The van der Waals surface area contributed by atoms with Crippen LogP contribution in [0, 0.1) is 0 Å². The summed E-state index contributed by atoms with van der Waals surface area (Å²) in [6, 6.07) is 4.27. The predicted octanol–water partition coefficient (Wildman–Crippen LogP) is 1.71. The highest BCUT2D eigenvalue weighted by atomic mass is 19.3. The number of hydrogen-bond donors (Lipinski definition) is 1. The van der Waals surface area contributed by atoms with Crippen molar-refractivity contribution in [3.05, 3.63) is 29.3 Å². The number of hydrogen-bond acceptors (Lipinski definition) is 2. The van der Waals surface area contributed by atoms with Gasteiger partial charge in [-0.2, -0.15) is 8.78 Å². The molecule has 0 atom stereocenters. The lowest BCUT2D eigenvalue weighted by molar-refractivity contribution is -0.0557. The SMILES string of the molecule is OCC(F)(F)c1ccc2c(c1)OCC2. The summed E-state index contributed by atoms with van der Waals surface area (Å²) in [5.74, 6) is -2.67. The van der Waals surface area contributed by atoms with Crippen LogP contribution in [-0.2, 0) is 12.3 Å². The maximum atomic E-state index is 13.0. The molecule has 2 rings (SSSR count). The number of ether oxygens (including phenoxy) is 1. The summed E-state index contributed by atoms with van der Waals surface area (Å²) in [5.41, 5.74) is 0.753. The first kappa shape index (κ1) is 9.40. The molecule has 1 N–H and O–H groups in total. The molecule has 1 aliphatic rings. The van der Waals surface area contributed by atoms with Crippen molar-refractivity contribution in [3.63, 3.8) is 0 Å². The average molecular weight is 200 g/mol. The number of alkyl halides is 2. The Labute approximate surface area is 80.1 Å². The molecule has 1 aliphatic heterocycles. The molecule has 0 saturated carbocycles.